The normalized spacial score (nSPS) is 10.9. The fraction of sp³-hybridized carbons (Fsp3) is 0.111. The van der Waals surface area contributed by atoms with Crippen LogP contribution in [-0.4, -0.2) is 25.5 Å². The monoisotopic (exact) mass is 349 g/mol. The van der Waals surface area contributed by atoms with Crippen LogP contribution >= 0.6 is 11.3 Å². The number of pyridine rings is 1. The molecule has 124 valence electrons. The topological polar surface area (TPSA) is 72.2 Å². The molecule has 0 aliphatic rings. The van der Waals surface area contributed by atoms with E-state index in [1.807, 2.05) is 6.20 Å². The van der Waals surface area contributed by atoms with E-state index in [1.54, 1.807) is 29.1 Å². The molecule has 0 spiro atoms. The number of aromatic nitrogens is 4. The van der Waals surface area contributed by atoms with Gasteiger partial charge in [0.05, 0.1) is 5.56 Å². The van der Waals surface area contributed by atoms with Gasteiger partial charge in [-0.15, -0.1) is 21.5 Å². The summed E-state index contributed by atoms with van der Waals surface area (Å²) in [5.74, 6) is -0.202. The maximum Gasteiger partial charge on any atom is 0.258 e. The molecule has 0 fully saturated rings. The van der Waals surface area contributed by atoms with Crippen LogP contribution in [0.1, 0.15) is 26.4 Å². The molecule has 1 amide bonds. The van der Waals surface area contributed by atoms with Gasteiger partial charge in [-0.25, -0.2) is 4.98 Å². The number of aryl methyl sites for hydroxylation is 1. The maximum absolute atomic E-state index is 12.4. The Labute approximate surface area is 148 Å². The molecule has 0 aliphatic heterocycles. The predicted molar refractivity (Wildman–Crippen MR) is 97.0 cm³/mol. The van der Waals surface area contributed by atoms with Crippen molar-refractivity contribution in [2.75, 3.05) is 5.32 Å². The van der Waals surface area contributed by atoms with Crippen LogP contribution in [0, 0.1) is 6.92 Å². The van der Waals surface area contributed by atoms with Gasteiger partial charge in [0.2, 0.25) is 0 Å². The van der Waals surface area contributed by atoms with E-state index in [0.29, 0.717) is 16.3 Å². The van der Waals surface area contributed by atoms with Crippen LogP contribution in [0.3, 0.4) is 0 Å². The number of anilines is 1. The Hall–Kier alpha value is -3.06. The average molecular weight is 349 g/mol. The van der Waals surface area contributed by atoms with Crippen molar-refractivity contribution < 1.29 is 4.79 Å². The average Bonchev–Trinajstić information content (AvgIpc) is 3.25. The van der Waals surface area contributed by atoms with Gasteiger partial charge in [0, 0.05) is 23.7 Å². The summed E-state index contributed by atoms with van der Waals surface area (Å²) in [6, 6.07) is 11.9. The molecule has 1 N–H and O–H groups in total. The van der Waals surface area contributed by atoms with Crippen molar-refractivity contribution in [1.82, 2.24) is 19.6 Å². The van der Waals surface area contributed by atoms with E-state index in [1.165, 1.54) is 22.5 Å². The lowest BCUT2D eigenvalue weighted by molar-refractivity contribution is 0.102. The van der Waals surface area contributed by atoms with Crippen molar-refractivity contribution in [2.45, 2.75) is 13.3 Å². The van der Waals surface area contributed by atoms with Gasteiger partial charge in [-0.1, -0.05) is 29.8 Å². The Morgan fingerprint density at radius 2 is 2.04 bits per heavy atom. The first-order valence-corrected chi connectivity index (χ1v) is 8.60. The van der Waals surface area contributed by atoms with Gasteiger partial charge in [0.1, 0.15) is 6.33 Å². The Bertz CT molecular complexity index is 1040. The minimum absolute atomic E-state index is 0.202. The summed E-state index contributed by atoms with van der Waals surface area (Å²) in [7, 11) is 0. The third-order valence-electron chi connectivity index (χ3n) is 3.83. The molecule has 0 saturated carbocycles. The molecular formula is C18H15N5OS. The molecule has 0 unspecified atom stereocenters. The van der Waals surface area contributed by atoms with Crippen LogP contribution in [0.15, 0.2) is 55.1 Å². The highest BCUT2D eigenvalue weighted by Gasteiger charge is 2.10. The molecule has 3 heterocycles. The van der Waals surface area contributed by atoms with Crippen molar-refractivity contribution in [2.24, 2.45) is 0 Å². The van der Waals surface area contributed by atoms with Gasteiger partial charge < -0.3 is 0 Å². The molecule has 7 heteroatoms. The molecule has 0 radical (unpaired) electrons. The van der Waals surface area contributed by atoms with Crippen LogP contribution < -0.4 is 5.32 Å². The minimum atomic E-state index is -0.202. The molecule has 4 aromatic rings. The third kappa shape index (κ3) is 3.41. The lowest BCUT2D eigenvalue weighted by atomic mass is 10.1. The van der Waals surface area contributed by atoms with Crippen molar-refractivity contribution >= 4 is 28.0 Å². The number of fused-ring (bicyclic) bond motifs is 1. The number of hydrogen-bond donors (Lipinski definition) is 1. The Kier molecular flexibility index (Phi) is 3.99. The number of rotatable bonds is 4. The van der Waals surface area contributed by atoms with Gasteiger partial charge in [0.25, 0.3) is 5.91 Å². The molecule has 0 saturated heterocycles. The van der Waals surface area contributed by atoms with Crippen LogP contribution in [-0.2, 0) is 6.42 Å². The van der Waals surface area contributed by atoms with Crippen molar-refractivity contribution in [3.63, 3.8) is 0 Å². The van der Waals surface area contributed by atoms with E-state index in [2.05, 4.69) is 51.7 Å². The lowest BCUT2D eigenvalue weighted by Crippen LogP contribution is -2.12. The third-order valence-corrected chi connectivity index (χ3v) is 4.74. The number of amides is 1. The number of nitrogens with zero attached hydrogens (tertiary/aromatic N) is 4. The van der Waals surface area contributed by atoms with E-state index in [-0.39, 0.29) is 5.91 Å². The van der Waals surface area contributed by atoms with E-state index in [4.69, 9.17) is 0 Å². The SMILES string of the molecule is Cc1ccc(Cc2cnc(NC(=O)c3ccc4nncn4c3)s2)cc1. The van der Waals surface area contributed by atoms with Gasteiger partial charge in [-0.05, 0) is 24.6 Å². The van der Waals surface area contributed by atoms with E-state index in [0.717, 1.165) is 11.3 Å². The molecular weight excluding hydrogens is 334 g/mol. The van der Waals surface area contributed by atoms with Gasteiger partial charge in [-0.2, -0.15) is 0 Å². The van der Waals surface area contributed by atoms with E-state index in [9.17, 15) is 4.79 Å². The summed E-state index contributed by atoms with van der Waals surface area (Å²) in [5.41, 5.74) is 3.70. The first-order valence-electron chi connectivity index (χ1n) is 7.78. The highest BCUT2D eigenvalue weighted by atomic mass is 32.1. The Balaban J connectivity index is 1.46. The number of carbonyl (C=O) groups is 1. The quantitative estimate of drug-likeness (QED) is 0.613. The summed E-state index contributed by atoms with van der Waals surface area (Å²) >= 11 is 1.49. The number of benzene rings is 1. The standard InChI is InChI=1S/C18H15N5OS/c1-12-2-4-13(5-3-12)8-15-9-19-18(25-15)21-17(24)14-6-7-16-22-20-11-23(16)10-14/h2-7,9-11H,8H2,1H3,(H,19,21,24). The molecule has 0 atom stereocenters. The maximum atomic E-state index is 12.4. The van der Waals surface area contributed by atoms with Gasteiger partial charge in [-0.3, -0.25) is 14.5 Å². The fourth-order valence-corrected chi connectivity index (χ4v) is 3.33. The zero-order chi connectivity index (χ0) is 17.2. The molecule has 4 rings (SSSR count). The first kappa shape index (κ1) is 15.5. The van der Waals surface area contributed by atoms with E-state index >= 15 is 0 Å². The summed E-state index contributed by atoms with van der Waals surface area (Å²) < 4.78 is 1.71. The molecule has 0 aliphatic carbocycles. The van der Waals surface area contributed by atoms with Crippen LogP contribution in [0.4, 0.5) is 5.13 Å². The number of nitrogens with one attached hydrogen (secondary N) is 1. The molecule has 6 nitrogen and oxygen atoms in total. The van der Waals surface area contributed by atoms with Crippen molar-refractivity contribution in [3.8, 4) is 0 Å². The number of thiazole rings is 1. The number of hydrogen-bond acceptors (Lipinski definition) is 5. The smallest absolute Gasteiger partial charge is 0.258 e. The largest absolute Gasteiger partial charge is 0.298 e. The summed E-state index contributed by atoms with van der Waals surface area (Å²) in [5, 5.41) is 11.2. The second kappa shape index (κ2) is 6.45. The molecule has 3 aromatic heterocycles. The van der Waals surface area contributed by atoms with Crippen molar-refractivity contribution in [1.29, 1.82) is 0 Å². The molecule has 0 bridgehead atoms. The summed E-state index contributed by atoms with van der Waals surface area (Å²) in [6.07, 6.45) is 5.88. The summed E-state index contributed by atoms with van der Waals surface area (Å²) in [6.45, 7) is 2.07. The second-order valence-corrected chi connectivity index (χ2v) is 6.88. The van der Waals surface area contributed by atoms with Gasteiger partial charge in [0.15, 0.2) is 10.8 Å². The zero-order valence-corrected chi connectivity index (χ0v) is 14.3. The minimum Gasteiger partial charge on any atom is -0.298 e. The lowest BCUT2D eigenvalue weighted by Gasteiger charge is -2.02. The fourth-order valence-electron chi connectivity index (χ4n) is 2.49. The van der Waals surface area contributed by atoms with Crippen LogP contribution in [0.2, 0.25) is 0 Å². The highest BCUT2D eigenvalue weighted by Crippen LogP contribution is 2.22. The molecule has 25 heavy (non-hydrogen) atoms. The van der Waals surface area contributed by atoms with Gasteiger partial charge >= 0.3 is 0 Å². The predicted octanol–water partition coefficient (Wildman–Crippen LogP) is 3.34. The second-order valence-electron chi connectivity index (χ2n) is 5.76. The zero-order valence-electron chi connectivity index (χ0n) is 13.5. The number of carbonyl (C=O) groups excluding carboxylic acids is 1. The highest BCUT2D eigenvalue weighted by molar-refractivity contribution is 7.15. The first-order chi connectivity index (χ1) is 12.2. The van der Waals surface area contributed by atoms with Crippen LogP contribution in [0.5, 0.6) is 0 Å². The Morgan fingerprint density at radius 1 is 1.20 bits per heavy atom. The van der Waals surface area contributed by atoms with Crippen LogP contribution in [0.25, 0.3) is 5.65 Å². The van der Waals surface area contributed by atoms with E-state index < -0.39 is 0 Å². The van der Waals surface area contributed by atoms with Crippen molar-refractivity contribution in [3.05, 3.63) is 76.7 Å². The molecule has 1 aromatic carbocycles. The summed E-state index contributed by atoms with van der Waals surface area (Å²) in [4.78, 5) is 17.8. The Morgan fingerprint density at radius 3 is 2.88 bits per heavy atom.